The number of carbonyl (C=O) groups excluding carboxylic acids is 4. The van der Waals surface area contributed by atoms with Gasteiger partial charge in [0, 0.05) is 6.54 Å². The average molecular weight is 320 g/mol. The summed E-state index contributed by atoms with van der Waals surface area (Å²) in [6, 6.07) is 5.67. The van der Waals surface area contributed by atoms with Crippen LogP contribution in [0.3, 0.4) is 0 Å². The Kier molecular flexibility index (Phi) is 4.95. The Morgan fingerprint density at radius 2 is 1.83 bits per heavy atom. The van der Waals surface area contributed by atoms with Crippen molar-refractivity contribution in [2.75, 3.05) is 26.8 Å². The Bertz CT molecular complexity index is 657. The van der Waals surface area contributed by atoms with Crippen molar-refractivity contribution in [3.63, 3.8) is 0 Å². The quantitative estimate of drug-likeness (QED) is 0.434. The summed E-state index contributed by atoms with van der Waals surface area (Å²) in [6.45, 7) is 1.71. The summed E-state index contributed by atoms with van der Waals surface area (Å²) in [7, 11) is 1.27. The summed E-state index contributed by atoms with van der Waals surface area (Å²) < 4.78 is 10.0. The number of benzene rings is 1. The van der Waals surface area contributed by atoms with Gasteiger partial charge in [0.15, 0.2) is 0 Å². The molecule has 8 nitrogen and oxygen atoms in total. The summed E-state index contributed by atoms with van der Waals surface area (Å²) >= 11 is 0. The molecule has 1 aliphatic rings. The first-order valence-corrected chi connectivity index (χ1v) is 6.98. The van der Waals surface area contributed by atoms with E-state index in [9.17, 15) is 19.2 Å². The SMILES string of the molecule is CCN1C(=O)C(=O)N(CCOc2cccc(C(=O)OC)c2)C1=O. The van der Waals surface area contributed by atoms with Gasteiger partial charge < -0.3 is 9.47 Å². The highest BCUT2D eigenvalue weighted by molar-refractivity contribution is 6.44. The second-order valence-corrected chi connectivity index (χ2v) is 4.66. The number of esters is 1. The van der Waals surface area contributed by atoms with Crippen LogP contribution in [-0.4, -0.2) is 60.4 Å². The minimum atomic E-state index is -0.858. The van der Waals surface area contributed by atoms with Crippen molar-refractivity contribution in [1.29, 1.82) is 0 Å². The van der Waals surface area contributed by atoms with Gasteiger partial charge in [-0.3, -0.25) is 19.4 Å². The third kappa shape index (κ3) is 3.31. The molecule has 0 spiro atoms. The highest BCUT2D eigenvalue weighted by Gasteiger charge is 2.43. The molecule has 0 aliphatic carbocycles. The normalized spacial score (nSPS) is 14.4. The predicted octanol–water partition coefficient (Wildman–Crippen LogP) is 0.663. The summed E-state index contributed by atoms with van der Waals surface area (Å²) in [5.41, 5.74) is 0.325. The Hall–Kier alpha value is -2.90. The van der Waals surface area contributed by atoms with Crippen LogP contribution in [0.5, 0.6) is 5.75 Å². The Balaban J connectivity index is 1.95. The lowest BCUT2D eigenvalue weighted by Gasteiger charge is -2.14. The van der Waals surface area contributed by atoms with Crippen LogP contribution >= 0.6 is 0 Å². The smallest absolute Gasteiger partial charge is 0.337 e. The molecule has 0 unspecified atom stereocenters. The van der Waals surface area contributed by atoms with Gasteiger partial charge in [-0.05, 0) is 25.1 Å². The molecule has 0 atom stereocenters. The molecule has 1 saturated heterocycles. The first-order valence-electron chi connectivity index (χ1n) is 6.98. The monoisotopic (exact) mass is 320 g/mol. The number of rotatable bonds is 6. The van der Waals surface area contributed by atoms with Gasteiger partial charge in [-0.25, -0.2) is 9.59 Å². The number of ether oxygens (including phenoxy) is 2. The molecule has 2 rings (SSSR count). The summed E-state index contributed by atoms with van der Waals surface area (Å²) in [5, 5.41) is 0. The van der Waals surface area contributed by atoms with E-state index in [0.29, 0.717) is 11.3 Å². The van der Waals surface area contributed by atoms with E-state index in [1.807, 2.05) is 0 Å². The number of likely N-dealkylation sites (N-methyl/N-ethyl adjacent to an activating group) is 1. The van der Waals surface area contributed by atoms with Crippen LogP contribution in [0.4, 0.5) is 4.79 Å². The maximum atomic E-state index is 11.9. The van der Waals surface area contributed by atoms with Crippen molar-refractivity contribution in [2.24, 2.45) is 0 Å². The maximum absolute atomic E-state index is 11.9. The van der Waals surface area contributed by atoms with Crippen LogP contribution in [-0.2, 0) is 14.3 Å². The molecule has 1 aliphatic heterocycles. The van der Waals surface area contributed by atoms with Gasteiger partial charge in [-0.2, -0.15) is 0 Å². The molecule has 1 fully saturated rings. The number of carbonyl (C=O) groups is 4. The fourth-order valence-electron chi connectivity index (χ4n) is 2.11. The van der Waals surface area contributed by atoms with Crippen molar-refractivity contribution in [2.45, 2.75) is 6.92 Å². The number of methoxy groups -OCH3 is 1. The topological polar surface area (TPSA) is 93.2 Å². The van der Waals surface area contributed by atoms with Gasteiger partial charge in [0.2, 0.25) is 0 Å². The van der Waals surface area contributed by atoms with E-state index in [0.717, 1.165) is 9.80 Å². The lowest BCUT2D eigenvalue weighted by molar-refractivity contribution is -0.143. The first-order chi connectivity index (χ1) is 11.0. The molecular weight excluding hydrogens is 304 g/mol. The zero-order valence-corrected chi connectivity index (χ0v) is 12.8. The first kappa shape index (κ1) is 16.5. The van der Waals surface area contributed by atoms with Crippen molar-refractivity contribution < 1.29 is 28.7 Å². The van der Waals surface area contributed by atoms with E-state index in [1.54, 1.807) is 25.1 Å². The lowest BCUT2D eigenvalue weighted by Crippen LogP contribution is -2.36. The third-order valence-electron chi connectivity index (χ3n) is 3.29. The van der Waals surface area contributed by atoms with Gasteiger partial charge in [-0.1, -0.05) is 6.07 Å². The number of hydrogen-bond acceptors (Lipinski definition) is 6. The van der Waals surface area contributed by atoms with Gasteiger partial charge in [0.05, 0.1) is 19.2 Å². The van der Waals surface area contributed by atoms with Crippen LogP contribution < -0.4 is 4.74 Å². The van der Waals surface area contributed by atoms with Crippen molar-refractivity contribution in [3.8, 4) is 5.75 Å². The summed E-state index contributed by atoms with van der Waals surface area (Å²) in [6.07, 6.45) is 0. The molecule has 0 bridgehead atoms. The second kappa shape index (κ2) is 6.91. The van der Waals surface area contributed by atoms with Gasteiger partial charge in [-0.15, -0.1) is 0 Å². The van der Waals surface area contributed by atoms with E-state index in [-0.39, 0.29) is 19.7 Å². The number of amides is 4. The highest BCUT2D eigenvalue weighted by atomic mass is 16.5. The molecule has 122 valence electrons. The fourth-order valence-corrected chi connectivity index (χ4v) is 2.11. The largest absolute Gasteiger partial charge is 0.492 e. The Morgan fingerprint density at radius 1 is 1.13 bits per heavy atom. The molecule has 0 aromatic heterocycles. The van der Waals surface area contributed by atoms with Crippen LogP contribution in [0.2, 0.25) is 0 Å². The van der Waals surface area contributed by atoms with E-state index in [4.69, 9.17) is 4.74 Å². The van der Waals surface area contributed by atoms with Gasteiger partial charge >= 0.3 is 23.8 Å². The van der Waals surface area contributed by atoms with Crippen LogP contribution in [0.1, 0.15) is 17.3 Å². The number of imide groups is 2. The molecule has 0 radical (unpaired) electrons. The van der Waals surface area contributed by atoms with Crippen LogP contribution in [0.25, 0.3) is 0 Å². The molecule has 1 heterocycles. The molecule has 8 heteroatoms. The van der Waals surface area contributed by atoms with E-state index in [1.165, 1.54) is 13.2 Å². The van der Waals surface area contributed by atoms with Crippen molar-refractivity contribution >= 4 is 23.8 Å². The zero-order chi connectivity index (χ0) is 17.0. The molecule has 4 amide bonds. The standard InChI is InChI=1S/C15H16N2O6/c1-3-16-12(18)13(19)17(15(16)21)7-8-23-11-6-4-5-10(9-11)14(20)22-2/h4-6,9H,3,7-8H2,1-2H3. The number of urea groups is 1. The molecular formula is C15H16N2O6. The van der Waals surface area contributed by atoms with Crippen molar-refractivity contribution in [1.82, 2.24) is 9.80 Å². The Labute approximate surface area is 132 Å². The van der Waals surface area contributed by atoms with Crippen LogP contribution in [0, 0.1) is 0 Å². The lowest BCUT2D eigenvalue weighted by atomic mass is 10.2. The molecule has 0 saturated carbocycles. The highest BCUT2D eigenvalue weighted by Crippen LogP contribution is 2.15. The maximum Gasteiger partial charge on any atom is 0.337 e. The number of hydrogen-bond donors (Lipinski definition) is 0. The molecule has 1 aromatic rings. The summed E-state index contributed by atoms with van der Waals surface area (Å²) in [5.74, 6) is -1.79. The third-order valence-corrected chi connectivity index (χ3v) is 3.29. The Morgan fingerprint density at radius 3 is 2.43 bits per heavy atom. The zero-order valence-electron chi connectivity index (χ0n) is 12.8. The minimum absolute atomic E-state index is 0.00689. The van der Waals surface area contributed by atoms with Crippen molar-refractivity contribution in [3.05, 3.63) is 29.8 Å². The van der Waals surface area contributed by atoms with E-state index >= 15 is 0 Å². The molecule has 0 N–H and O–H groups in total. The predicted molar refractivity (Wildman–Crippen MR) is 77.8 cm³/mol. The van der Waals surface area contributed by atoms with Crippen LogP contribution in [0.15, 0.2) is 24.3 Å². The summed E-state index contributed by atoms with van der Waals surface area (Å²) in [4.78, 5) is 48.3. The minimum Gasteiger partial charge on any atom is -0.492 e. The van der Waals surface area contributed by atoms with E-state index < -0.39 is 23.8 Å². The number of nitrogens with zero attached hydrogens (tertiary/aromatic N) is 2. The second-order valence-electron chi connectivity index (χ2n) is 4.66. The molecule has 1 aromatic carbocycles. The van der Waals surface area contributed by atoms with Gasteiger partial charge in [0.1, 0.15) is 12.4 Å². The fraction of sp³-hybridized carbons (Fsp3) is 0.333. The van der Waals surface area contributed by atoms with E-state index in [2.05, 4.69) is 4.74 Å². The molecule has 23 heavy (non-hydrogen) atoms. The average Bonchev–Trinajstić information content (AvgIpc) is 2.77. The van der Waals surface area contributed by atoms with Gasteiger partial charge in [0.25, 0.3) is 0 Å².